The number of carbonyl (C=O) groups is 2. The molecule has 1 N–H and O–H groups in total. The first-order valence-electron chi connectivity index (χ1n) is 6.70. The lowest BCUT2D eigenvalue weighted by Crippen LogP contribution is -2.60. The van der Waals surface area contributed by atoms with E-state index < -0.39 is 0 Å². The van der Waals surface area contributed by atoms with Gasteiger partial charge in [-0.25, -0.2) is 0 Å². The van der Waals surface area contributed by atoms with Crippen LogP contribution in [0.15, 0.2) is 30.3 Å². The SMILES string of the molecule is CC(C)C1NC(=O)CN(CCc2ccccc2)C1=O. The summed E-state index contributed by atoms with van der Waals surface area (Å²) < 4.78 is 0. The van der Waals surface area contributed by atoms with Crippen LogP contribution in [-0.2, 0) is 16.0 Å². The van der Waals surface area contributed by atoms with Crippen LogP contribution in [0, 0.1) is 5.92 Å². The Hall–Kier alpha value is -1.84. The van der Waals surface area contributed by atoms with Gasteiger partial charge in [0.2, 0.25) is 11.8 Å². The Kier molecular flexibility index (Phi) is 4.20. The highest BCUT2D eigenvalue weighted by atomic mass is 16.2. The van der Waals surface area contributed by atoms with E-state index in [0.717, 1.165) is 6.42 Å². The lowest BCUT2D eigenvalue weighted by Gasteiger charge is -2.34. The van der Waals surface area contributed by atoms with E-state index in [4.69, 9.17) is 0 Å². The number of hydrogen-bond acceptors (Lipinski definition) is 2. The van der Waals surface area contributed by atoms with E-state index in [1.165, 1.54) is 5.56 Å². The van der Waals surface area contributed by atoms with Gasteiger partial charge in [0.05, 0.1) is 6.54 Å². The van der Waals surface area contributed by atoms with Crippen LogP contribution in [0.1, 0.15) is 19.4 Å². The first-order valence-corrected chi connectivity index (χ1v) is 6.70. The highest BCUT2D eigenvalue weighted by Crippen LogP contribution is 2.11. The van der Waals surface area contributed by atoms with Crippen LogP contribution in [0.2, 0.25) is 0 Å². The summed E-state index contributed by atoms with van der Waals surface area (Å²) in [6, 6.07) is 9.63. The number of nitrogens with one attached hydrogen (secondary N) is 1. The summed E-state index contributed by atoms with van der Waals surface area (Å²) in [5.41, 5.74) is 1.18. The fourth-order valence-corrected chi connectivity index (χ4v) is 2.28. The standard InChI is InChI=1S/C15H20N2O2/c1-11(2)14-15(19)17(10-13(18)16-14)9-8-12-6-4-3-5-7-12/h3-7,11,14H,8-10H2,1-2H3,(H,16,18). The van der Waals surface area contributed by atoms with Gasteiger partial charge in [0.25, 0.3) is 0 Å². The minimum atomic E-state index is -0.378. The Morgan fingerprint density at radius 2 is 1.95 bits per heavy atom. The van der Waals surface area contributed by atoms with Crippen molar-refractivity contribution in [2.75, 3.05) is 13.1 Å². The molecule has 4 nitrogen and oxygen atoms in total. The third-order valence-electron chi connectivity index (χ3n) is 3.41. The van der Waals surface area contributed by atoms with Crippen LogP contribution in [-0.4, -0.2) is 35.8 Å². The molecule has 2 rings (SSSR count). The zero-order valence-electron chi connectivity index (χ0n) is 11.4. The van der Waals surface area contributed by atoms with Crippen LogP contribution >= 0.6 is 0 Å². The fourth-order valence-electron chi connectivity index (χ4n) is 2.28. The van der Waals surface area contributed by atoms with Gasteiger partial charge in [-0.05, 0) is 17.9 Å². The number of nitrogens with zero attached hydrogens (tertiary/aromatic N) is 1. The molecule has 1 heterocycles. The molecule has 1 unspecified atom stereocenters. The second kappa shape index (κ2) is 5.87. The van der Waals surface area contributed by atoms with Crippen molar-refractivity contribution in [2.24, 2.45) is 5.92 Å². The molecular formula is C15H20N2O2. The van der Waals surface area contributed by atoms with Gasteiger partial charge in [-0.2, -0.15) is 0 Å². The Balaban J connectivity index is 1.99. The topological polar surface area (TPSA) is 49.4 Å². The number of benzene rings is 1. The fraction of sp³-hybridized carbons (Fsp3) is 0.467. The summed E-state index contributed by atoms with van der Waals surface area (Å²) >= 11 is 0. The normalized spacial score (nSPS) is 19.7. The zero-order valence-corrected chi connectivity index (χ0v) is 11.4. The second-order valence-electron chi connectivity index (χ2n) is 5.28. The molecule has 0 bridgehead atoms. The first kappa shape index (κ1) is 13.6. The van der Waals surface area contributed by atoms with Crippen molar-refractivity contribution in [1.29, 1.82) is 0 Å². The number of amides is 2. The molecule has 2 amide bonds. The number of carbonyl (C=O) groups excluding carboxylic acids is 2. The summed E-state index contributed by atoms with van der Waals surface area (Å²) in [5.74, 6) is 0.0906. The van der Waals surface area contributed by atoms with E-state index in [1.807, 2.05) is 44.2 Å². The molecule has 0 saturated carbocycles. The molecule has 4 heteroatoms. The van der Waals surface area contributed by atoms with Gasteiger partial charge in [0.15, 0.2) is 0 Å². The maximum Gasteiger partial charge on any atom is 0.245 e. The molecule has 1 atom stereocenters. The largest absolute Gasteiger partial charge is 0.343 e. The van der Waals surface area contributed by atoms with Crippen LogP contribution in [0.3, 0.4) is 0 Å². The maximum atomic E-state index is 12.2. The van der Waals surface area contributed by atoms with Crippen molar-refractivity contribution < 1.29 is 9.59 Å². The molecule has 1 aliphatic heterocycles. The maximum absolute atomic E-state index is 12.2. The van der Waals surface area contributed by atoms with Gasteiger partial charge < -0.3 is 10.2 Å². The molecule has 19 heavy (non-hydrogen) atoms. The van der Waals surface area contributed by atoms with E-state index in [0.29, 0.717) is 6.54 Å². The lowest BCUT2D eigenvalue weighted by atomic mass is 10.0. The molecule has 1 aromatic carbocycles. The van der Waals surface area contributed by atoms with E-state index in [1.54, 1.807) is 4.90 Å². The highest BCUT2D eigenvalue weighted by molar-refractivity contribution is 5.94. The number of piperazine rings is 1. The Morgan fingerprint density at radius 1 is 1.26 bits per heavy atom. The molecule has 1 fully saturated rings. The predicted molar refractivity (Wildman–Crippen MR) is 73.5 cm³/mol. The molecule has 1 aromatic rings. The van der Waals surface area contributed by atoms with Crippen LogP contribution in [0.4, 0.5) is 0 Å². The third kappa shape index (κ3) is 3.34. The van der Waals surface area contributed by atoms with Gasteiger partial charge in [-0.1, -0.05) is 44.2 Å². The van der Waals surface area contributed by atoms with Gasteiger partial charge in [-0.15, -0.1) is 0 Å². The molecule has 0 aromatic heterocycles. The molecular weight excluding hydrogens is 240 g/mol. The summed E-state index contributed by atoms with van der Waals surface area (Å²) in [6.45, 7) is 4.67. The van der Waals surface area contributed by atoms with Crippen molar-refractivity contribution in [3.8, 4) is 0 Å². The summed E-state index contributed by atoms with van der Waals surface area (Å²) in [4.78, 5) is 25.5. The summed E-state index contributed by atoms with van der Waals surface area (Å²) in [5, 5.41) is 2.76. The van der Waals surface area contributed by atoms with Crippen molar-refractivity contribution in [2.45, 2.75) is 26.3 Å². The summed E-state index contributed by atoms with van der Waals surface area (Å²) in [6.07, 6.45) is 0.782. The van der Waals surface area contributed by atoms with Gasteiger partial charge >= 0.3 is 0 Å². The Labute approximate surface area is 113 Å². The monoisotopic (exact) mass is 260 g/mol. The van der Waals surface area contributed by atoms with Crippen molar-refractivity contribution in [1.82, 2.24) is 10.2 Å². The highest BCUT2D eigenvalue weighted by Gasteiger charge is 2.33. The van der Waals surface area contributed by atoms with Gasteiger partial charge in [-0.3, -0.25) is 9.59 Å². The molecule has 0 radical (unpaired) electrons. The second-order valence-corrected chi connectivity index (χ2v) is 5.28. The lowest BCUT2D eigenvalue weighted by molar-refractivity contribution is -0.145. The van der Waals surface area contributed by atoms with E-state index >= 15 is 0 Å². The van der Waals surface area contributed by atoms with Crippen LogP contribution < -0.4 is 5.32 Å². The van der Waals surface area contributed by atoms with Crippen molar-refractivity contribution in [3.63, 3.8) is 0 Å². The third-order valence-corrected chi connectivity index (χ3v) is 3.41. The molecule has 1 aliphatic rings. The quantitative estimate of drug-likeness (QED) is 0.884. The number of hydrogen-bond donors (Lipinski definition) is 1. The number of rotatable bonds is 4. The Morgan fingerprint density at radius 3 is 2.58 bits per heavy atom. The van der Waals surface area contributed by atoms with Gasteiger partial charge in [0, 0.05) is 6.54 Å². The summed E-state index contributed by atoms with van der Waals surface area (Å²) in [7, 11) is 0. The van der Waals surface area contributed by atoms with Gasteiger partial charge in [0.1, 0.15) is 6.04 Å². The average molecular weight is 260 g/mol. The van der Waals surface area contributed by atoms with Crippen molar-refractivity contribution in [3.05, 3.63) is 35.9 Å². The molecule has 102 valence electrons. The van der Waals surface area contributed by atoms with Crippen molar-refractivity contribution >= 4 is 11.8 Å². The minimum absolute atomic E-state index is 0.0329. The smallest absolute Gasteiger partial charge is 0.245 e. The molecule has 0 aliphatic carbocycles. The average Bonchev–Trinajstić information content (AvgIpc) is 2.40. The zero-order chi connectivity index (χ0) is 13.8. The molecule has 0 spiro atoms. The van der Waals surface area contributed by atoms with Crippen LogP contribution in [0.25, 0.3) is 0 Å². The molecule has 1 saturated heterocycles. The van der Waals surface area contributed by atoms with E-state index in [9.17, 15) is 9.59 Å². The van der Waals surface area contributed by atoms with Crippen LogP contribution in [0.5, 0.6) is 0 Å². The van der Waals surface area contributed by atoms with E-state index in [2.05, 4.69) is 5.32 Å². The Bertz CT molecular complexity index is 456. The predicted octanol–water partition coefficient (Wildman–Crippen LogP) is 1.21. The first-order chi connectivity index (χ1) is 9.08. The van der Waals surface area contributed by atoms with E-state index in [-0.39, 0.29) is 30.3 Å². The minimum Gasteiger partial charge on any atom is -0.343 e.